The van der Waals surface area contributed by atoms with E-state index in [0.29, 0.717) is 19.6 Å². The summed E-state index contributed by atoms with van der Waals surface area (Å²) < 4.78 is 53.6. The molecule has 0 bridgehead atoms. The molecule has 42 heavy (non-hydrogen) atoms. The summed E-state index contributed by atoms with van der Waals surface area (Å²) >= 11 is 0. The van der Waals surface area contributed by atoms with Crippen LogP contribution in [0.15, 0.2) is 30.6 Å². The molecule has 1 aromatic carbocycles. The fourth-order valence-corrected chi connectivity index (χ4v) is 6.81. The zero-order valence-electron chi connectivity index (χ0n) is 26.2. The van der Waals surface area contributed by atoms with Crippen molar-refractivity contribution in [1.29, 1.82) is 0 Å². The molecule has 4 rings (SSSR count). The summed E-state index contributed by atoms with van der Waals surface area (Å²) in [5.41, 5.74) is 2.82. The Morgan fingerprint density at radius 2 is 1.90 bits per heavy atom. The molecule has 1 aliphatic rings. The van der Waals surface area contributed by atoms with E-state index in [0.717, 1.165) is 60.2 Å². The Labute approximate surface area is 251 Å². The molecular weight excluding hydrogens is 573 g/mol. The molecule has 1 saturated heterocycles. The highest BCUT2D eigenvalue weighted by molar-refractivity contribution is 7.85. The number of nitrogens with zero attached hydrogens (tertiary/aromatic N) is 4. The van der Waals surface area contributed by atoms with Crippen LogP contribution in [0.4, 0.5) is 0 Å². The maximum absolute atomic E-state index is 11.0. The summed E-state index contributed by atoms with van der Waals surface area (Å²) in [6.07, 6.45) is 8.26. The van der Waals surface area contributed by atoms with Crippen molar-refractivity contribution in [3.63, 3.8) is 0 Å². The van der Waals surface area contributed by atoms with Crippen molar-refractivity contribution in [2.45, 2.75) is 97.1 Å². The summed E-state index contributed by atoms with van der Waals surface area (Å²) in [4.78, 5) is 0. The van der Waals surface area contributed by atoms with Crippen molar-refractivity contribution in [3.8, 4) is 17.0 Å². The Kier molecular flexibility index (Phi) is 10.2. The highest BCUT2D eigenvalue weighted by Crippen LogP contribution is 2.40. The Morgan fingerprint density at radius 1 is 1.17 bits per heavy atom. The van der Waals surface area contributed by atoms with Crippen molar-refractivity contribution in [2.24, 2.45) is 5.92 Å². The molecule has 3 heterocycles. The molecule has 0 radical (unpaired) electrons. The first-order valence-corrected chi connectivity index (χ1v) is 19.6. The molecule has 1 fully saturated rings. The van der Waals surface area contributed by atoms with Gasteiger partial charge in [-0.05, 0) is 81.3 Å². The van der Waals surface area contributed by atoms with Crippen molar-refractivity contribution >= 4 is 29.3 Å². The van der Waals surface area contributed by atoms with Gasteiger partial charge in [0.25, 0.3) is 10.1 Å². The van der Waals surface area contributed by atoms with E-state index in [-0.39, 0.29) is 29.0 Å². The lowest BCUT2D eigenvalue weighted by Crippen LogP contribution is -2.43. The molecule has 234 valence electrons. The van der Waals surface area contributed by atoms with E-state index in [1.165, 1.54) is 0 Å². The van der Waals surface area contributed by atoms with Crippen LogP contribution in [-0.2, 0) is 19.6 Å². The minimum Gasteiger partial charge on any atom is -0.543 e. The van der Waals surface area contributed by atoms with E-state index in [4.69, 9.17) is 23.6 Å². The predicted molar refractivity (Wildman–Crippen MR) is 168 cm³/mol. The molecule has 10 nitrogen and oxygen atoms in total. The first-order chi connectivity index (χ1) is 19.6. The topological polar surface area (TPSA) is 118 Å². The second-order valence-electron chi connectivity index (χ2n) is 13.3. The van der Waals surface area contributed by atoms with Crippen LogP contribution >= 0.6 is 0 Å². The Morgan fingerprint density at radius 3 is 2.57 bits per heavy atom. The molecule has 1 N–H and O–H groups in total. The van der Waals surface area contributed by atoms with E-state index in [1.54, 1.807) is 6.92 Å². The standard InChI is InChI=1S/C30H48N4O6SSi/c1-22(21-41(35,36)37)13-16-38-17-14-23(2)33-20-24(19-31-33)29-26-18-25(40-42(6,7)30(3,4)5)11-12-27(26)34(32-29)28-10-8-9-15-39-28/h11-12,18-20,22-23,28H,8-10,13-17,21H2,1-7H3,(H,35,36,37)/t22-,23-,28?/m1/s1. The van der Waals surface area contributed by atoms with Gasteiger partial charge in [0.05, 0.1) is 23.5 Å². The number of aromatic nitrogens is 4. The molecule has 0 aliphatic carbocycles. The van der Waals surface area contributed by atoms with Gasteiger partial charge < -0.3 is 13.9 Å². The lowest BCUT2D eigenvalue weighted by molar-refractivity contribution is -0.0365. The van der Waals surface area contributed by atoms with Crippen molar-refractivity contribution in [2.75, 3.05) is 25.6 Å². The van der Waals surface area contributed by atoms with Gasteiger partial charge in [-0.2, -0.15) is 18.6 Å². The number of fused-ring (bicyclic) bond motifs is 1. The maximum Gasteiger partial charge on any atom is 0.265 e. The second kappa shape index (κ2) is 13.2. The molecule has 1 unspecified atom stereocenters. The molecule has 3 atom stereocenters. The normalized spacial score (nSPS) is 18.3. The van der Waals surface area contributed by atoms with Gasteiger partial charge >= 0.3 is 0 Å². The predicted octanol–water partition coefficient (Wildman–Crippen LogP) is 6.86. The number of benzene rings is 1. The minimum absolute atomic E-state index is 0.0875. The van der Waals surface area contributed by atoms with E-state index in [9.17, 15) is 8.42 Å². The molecule has 0 saturated carbocycles. The van der Waals surface area contributed by atoms with Crippen molar-refractivity contribution in [1.82, 2.24) is 19.6 Å². The SMILES string of the molecule is C[C@H](CCOCC[C@@H](C)n1cc(-c2nn(C3CCCCO3)c3ccc(O[Si](C)(C)C(C)(C)C)cc23)cn1)CS(=O)(=O)O. The maximum atomic E-state index is 11.0. The third-order valence-corrected chi connectivity index (χ3v) is 13.9. The average Bonchev–Trinajstić information content (AvgIpc) is 3.52. The molecule has 3 aromatic rings. The van der Waals surface area contributed by atoms with Crippen LogP contribution in [0, 0.1) is 5.92 Å². The summed E-state index contributed by atoms with van der Waals surface area (Å²) in [5, 5.41) is 10.9. The zero-order chi connectivity index (χ0) is 30.7. The third kappa shape index (κ3) is 8.22. The number of ether oxygens (including phenoxy) is 2. The van der Waals surface area contributed by atoms with Gasteiger partial charge in [0.1, 0.15) is 11.4 Å². The lowest BCUT2D eigenvalue weighted by Gasteiger charge is -2.36. The van der Waals surface area contributed by atoms with Crippen LogP contribution in [0.3, 0.4) is 0 Å². The molecule has 12 heteroatoms. The minimum atomic E-state index is -3.96. The number of hydrogen-bond acceptors (Lipinski definition) is 7. The van der Waals surface area contributed by atoms with Crippen LogP contribution < -0.4 is 4.43 Å². The molecule has 0 spiro atoms. The van der Waals surface area contributed by atoms with Crippen LogP contribution in [0.5, 0.6) is 5.75 Å². The highest BCUT2D eigenvalue weighted by Gasteiger charge is 2.39. The molecule has 1 aliphatic heterocycles. The Bertz CT molecular complexity index is 1440. The van der Waals surface area contributed by atoms with E-state index >= 15 is 0 Å². The van der Waals surface area contributed by atoms with Crippen LogP contribution in [0.2, 0.25) is 18.1 Å². The van der Waals surface area contributed by atoms with Gasteiger partial charge in [0.2, 0.25) is 8.32 Å². The summed E-state index contributed by atoms with van der Waals surface area (Å²) in [6, 6.07) is 6.38. The van der Waals surface area contributed by atoms with Gasteiger partial charge in [0.15, 0.2) is 6.23 Å². The summed E-state index contributed by atoms with van der Waals surface area (Å²) in [5.74, 6) is 0.458. The lowest BCUT2D eigenvalue weighted by atomic mass is 10.1. The number of hydrogen-bond donors (Lipinski definition) is 1. The largest absolute Gasteiger partial charge is 0.543 e. The Hall–Kier alpha value is -2.25. The van der Waals surface area contributed by atoms with Crippen molar-refractivity contribution in [3.05, 3.63) is 30.6 Å². The van der Waals surface area contributed by atoms with Crippen LogP contribution in [-0.4, -0.2) is 66.4 Å². The summed E-state index contributed by atoms with van der Waals surface area (Å²) in [6.45, 7) is 16.8. The first-order valence-electron chi connectivity index (χ1n) is 15.0. The monoisotopic (exact) mass is 620 g/mol. The zero-order valence-corrected chi connectivity index (χ0v) is 28.0. The van der Waals surface area contributed by atoms with Crippen molar-refractivity contribution < 1.29 is 26.9 Å². The molecule has 2 aromatic heterocycles. The molecular formula is C30H48N4O6SSi. The fraction of sp³-hybridized carbons (Fsp3) is 0.667. The van der Waals surface area contributed by atoms with Gasteiger partial charge in [-0.3, -0.25) is 9.23 Å². The van der Waals surface area contributed by atoms with Crippen LogP contribution in [0.25, 0.3) is 22.2 Å². The Balaban J connectivity index is 1.51. The van der Waals surface area contributed by atoms with E-state index < -0.39 is 18.4 Å². The quantitative estimate of drug-likeness (QED) is 0.125. The second-order valence-corrected chi connectivity index (χ2v) is 19.5. The van der Waals surface area contributed by atoms with Crippen LogP contribution in [0.1, 0.15) is 79.0 Å². The smallest absolute Gasteiger partial charge is 0.265 e. The van der Waals surface area contributed by atoms with Gasteiger partial charge in [0, 0.05) is 37.0 Å². The third-order valence-electron chi connectivity index (χ3n) is 8.54. The molecule has 0 amide bonds. The van der Waals surface area contributed by atoms with Gasteiger partial charge in [-0.1, -0.05) is 27.7 Å². The highest BCUT2D eigenvalue weighted by atomic mass is 32.2. The average molecular weight is 621 g/mol. The van der Waals surface area contributed by atoms with Gasteiger partial charge in [-0.25, -0.2) is 4.68 Å². The fourth-order valence-electron chi connectivity index (χ4n) is 4.90. The first kappa shape index (κ1) is 32.7. The summed E-state index contributed by atoms with van der Waals surface area (Å²) in [7, 11) is -5.98. The van der Waals surface area contributed by atoms with E-state index in [1.807, 2.05) is 21.8 Å². The van der Waals surface area contributed by atoms with E-state index in [2.05, 4.69) is 64.1 Å². The number of rotatable bonds is 13. The van der Waals surface area contributed by atoms with Gasteiger partial charge in [-0.15, -0.1) is 0 Å².